The second kappa shape index (κ2) is 3.96. The summed E-state index contributed by atoms with van der Waals surface area (Å²) in [4.78, 5) is 4.60. The molecule has 0 aliphatic heterocycles. The Morgan fingerprint density at radius 2 is 2.12 bits per heavy atom. The van der Waals surface area contributed by atoms with Crippen molar-refractivity contribution in [3.63, 3.8) is 0 Å². The van der Waals surface area contributed by atoms with Crippen LogP contribution in [0.5, 0.6) is 0 Å². The summed E-state index contributed by atoms with van der Waals surface area (Å²) >= 11 is 0. The number of nitrogens with two attached hydrogens (primary N) is 1. The Bertz CT molecular complexity index is 564. The van der Waals surface area contributed by atoms with Crippen molar-refractivity contribution in [2.45, 2.75) is 25.2 Å². The van der Waals surface area contributed by atoms with Crippen molar-refractivity contribution in [1.29, 1.82) is 0 Å². The molecule has 1 aromatic heterocycles. The molecule has 3 N–H and O–H groups in total. The van der Waals surface area contributed by atoms with Crippen molar-refractivity contribution in [2.24, 2.45) is 5.84 Å². The predicted octanol–water partition coefficient (Wildman–Crippen LogP) is 2.93. The Balaban J connectivity index is 2.17. The third-order valence-electron chi connectivity index (χ3n) is 3.45. The molecule has 0 unspecified atom stereocenters. The fourth-order valence-electron chi connectivity index (χ4n) is 2.27. The van der Waals surface area contributed by atoms with Crippen molar-refractivity contribution in [2.75, 3.05) is 5.43 Å². The van der Waals surface area contributed by atoms with Gasteiger partial charge in [-0.1, -0.05) is 6.42 Å². The Kier molecular flexibility index (Phi) is 2.44. The van der Waals surface area contributed by atoms with Crippen LogP contribution >= 0.6 is 0 Å². The summed E-state index contributed by atoms with van der Waals surface area (Å²) in [6.07, 6.45) is 3.57. The second-order valence-corrected chi connectivity index (χ2v) is 4.53. The number of pyridine rings is 1. The number of nitrogen functional groups attached to an aromatic ring is 1. The maximum absolute atomic E-state index is 13.1. The van der Waals surface area contributed by atoms with Crippen molar-refractivity contribution in [1.82, 2.24) is 4.98 Å². The first kappa shape index (κ1) is 10.5. The zero-order chi connectivity index (χ0) is 11.8. The maximum atomic E-state index is 13.1. The summed E-state index contributed by atoms with van der Waals surface area (Å²) in [5.41, 5.74) is 5.32. The third-order valence-corrected chi connectivity index (χ3v) is 3.45. The molecule has 3 nitrogen and oxygen atoms in total. The number of hydrogen-bond donors (Lipinski definition) is 2. The van der Waals surface area contributed by atoms with E-state index in [-0.39, 0.29) is 5.82 Å². The minimum absolute atomic E-state index is 0.251. The van der Waals surface area contributed by atoms with Gasteiger partial charge in [-0.2, -0.15) is 0 Å². The lowest BCUT2D eigenvalue weighted by Crippen LogP contribution is -2.16. The van der Waals surface area contributed by atoms with Crippen LogP contribution in [0.2, 0.25) is 0 Å². The van der Waals surface area contributed by atoms with Crippen LogP contribution in [0.3, 0.4) is 0 Å². The molecule has 0 bridgehead atoms. The molecule has 1 aromatic carbocycles. The van der Waals surface area contributed by atoms with Crippen LogP contribution in [-0.2, 0) is 0 Å². The number of rotatable bonds is 2. The van der Waals surface area contributed by atoms with Crippen molar-refractivity contribution >= 4 is 16.6 Å². The third kappa shape index (κ3) is 1.74. The van der Waals surface area contributed by atoms with E-state index in [0.717, 1.165) is 35.1 Å². The molecule has 0 spiro atoms. The topological polar surface area (TPSA) is 50.9 Å². The van der Waals surface area contributed by atoms with Crippen LogP contribution in [0, 0.1) is 5.82 Å². The molecular formula is C13H14FN3. The lowest BCUT2D eigenvalue weighted by atomic mass is 9.82. The fourth-order valence-corrected chi connectivity index (χ4v) is 2.27. The standard InChI is InChI=1S/C13H14FN3/c14-10-4-5-11-9(6-10)7-12(17-15)13(16-11)8-2-1-3-8/h4-8,17H,1-3,15H2. The average molecular weight is 231 g/mol. The molecule has 1 fully saturated rings. The average Bonchev–Trinajstić information content (AvgIpc) is 2.26. The molecule has 1 heterocycles. The van der Waals surface area contributed by atoms with Crippen LogP contribution in [0.15, 0.2) is 24.3 Å². The van der Waals surface area contributed by atoms with E-state index in [1.165, 1.54) is 18.6 Å². The molecule has 0 saturated heterocycles. The van der Waals surface area contributed by atoms with Gasteiger partial charge in [0, 0.05) is 11.3 Å². The molecule has 0 radical (unpaired) electrons. The molecule has 4 heteroatoms. The highest BCUT2D eigenvalue weighted by molar-refractivity contribution is 5.83. The van der Waals surface area contributed by atoms with Crippen LogP contribution in [0.25, 0.3) is 10.9 Å². The highest BCUT2D eigenvalue weighted by Gasteiger charge is 2.24. The molecule has 17 heavy (non-hydrogen) atoms. The second-order valence-electron chi connectivity index (χ2n) is 4.53. The normalized spacial score (nSPS) is 15.9. The lowest BCUT2D eigenvalue weighted by molar-refractivity contribution is 0.413. The molecule has 88 valence electrons. The molecule has 0 amide bonds. The van der Waals surface area contributed by atoms with Crippen LogP contribution in [0.4, 0.5) is 10.1 Å². The summed E-state index contributed by atoms with van der Waals surface area (Å²) < 4.78 is 13.1. The van der Waals surface area contributed by atoms with Gasteiger partial charge in [-0.3, -0.25) is 10.8 Å². The Morgan fingerprint density at radius 1 is 1.29 bits per heavy atom. The number of nitrogens with zero attached hydrogens (tertiary/aromatic N) is 1. The van der Waals surface area contributed by atoms with E-state index in [1.807, 2.05) is 6.07 Å². The van der Waals surface area contributed by atoms with Gasteiger partial charge in [-0.05, 0) is 37.1 Å². The van der Waals surface area contributed by atoms with Crippen LogP contribution in [0.1, 0.15) is 30.9 Å². The number of hydrazine groups is 1. The summed E-state index contributed by atoms with van der Waals surface area (Å²) in [6.45, 7) is 0. The highest BCUT2D eigenvalue weighted by Crippen LogP contribution is 2.39. The SMILES string of the molecule is NNc1cc2cc(F)ccc2nc1C1CCC1. The first-order valence-corrected chi connectivity index (χ1v) is 5.85. The molecule has 1 aliphatic carbocycles. The van der Waals surface area contributed by atoms with Gasteiger partial charge in [0.05, 0.1) is 16.9 Å². The molecular weight excluding hydrogens is 217 g/mol. The highest BCUT2D eigenvalue weighted by atomic mass is 19.1. The summed E-state index contributed by atoms with van der Waals surface area (Å²) in [6, 6.07) is 6.51. The number of fused-ring (bicyclic) bond motifs is 1. The minimum Gasteiger partial charge on any atom is -0.322 e. The largest absolute Gasteiger partial charge is 0.322 e. The van der Waals surface area contributed by atoms with E-state index in [1.54, 1.807) is 6.07 Å². The van der Waals surface area contributed by atoms with E-state index >= 15 is 0 Å². The zero-order valence-corrected chi connectivity index (χ0v) is 9.41. The van der Waals surface area contributed by atoms with E-state index in [2.05, 4.69) is 10.4 Å². The molecule has 2 aromatic rings. The van der Waals surface area contributed by atoms with Crippen molar-refractivity contribution in [3.05, 3.63) is 35.8 Å². The zero-order valence-electron chi connectivity index (χ0n) is 9.41. The summed E-state index contributed by atoms with van der Waals surface area (Å²) in [5, 5.41) is 0.779. The number of hydrogen-bond acceptors (Lipinski definition) is 3. The number of halogens is 1. The van der Waals surface area contributed by atoms with Crippen LogP contribution in [-0.4, -0.2) is 4.98 Å². The minimum atomic E-state index is -0.251. The smallest absolute Gasteiger partial charge is 0.123 e. The monoisotopic (exact) mass is 231 g/mol. The molecule has 1 aliphatic rings. The number of aromatic nitrogens is 1. The van der Waals surface area contributed by atoms with Gasteiger partial charge in [0.25, 0.3) is 0 Å². The van der Waals surface area contributed by atoms with Gasteiger partial charge in [0.2, 0.25) is 0 Å². The Hall–Kier alpha value is -1.68. The van der Waals surface area contributed by atoms with Gasteiger partial charge in [-0.15, -0.1) is 0 Å². The predicted molar refractivity (Wildman–Crippen MR) is 66.1 cm³/mol. The summed E-state index contributed by atoms with van der Waals surface area (Å²) in [7, 11) is 0. The van der Waals surface area contributed by atoms with Gasteiger partial charge in [0.1, 0.15) is 5.82 Å². The quantitative estimate of drug-likeness (QED) is 0.617. The molecule has 1 saturated carbocycles. The van der Waals surface area contributed by atoms with Gasteiger partial charge < -0.3 is 5.43 Å². The maximum Gasteiger partial charge on any atom is 0.123 e. The number of benzene rings is 1. The van der Waals surface area contributed by atoms with Gasteiger partial charge >= 0.3 is 0 Å². The molecule has 3 rings (SSSR count). The van der Waals surface area contributed by atoms with Crippen molar-refractivity contribution < 1.29 is 4.39 Å². The lowest BCUT2D eigenvalue weighted by Gasteiger charge is -2.26. The molecule has 0 atom stereocenters. The Labute approximate surface area is 98.8 Å². The van der Waals surface area contributed by atoms with E-state index in [4.69, 9.17) is 5.84 Å². The van der Waals surface area contributed by atoms with E-state index < -0.39 is 0 Å². The Morgan fingerprint density at radius 3 is 2.76 bits per heavy atom. The fraction of sp³-hybridized carbons (Fsp3) is 0.308. The number of anilines is 1. The first-order valence-electron chi connectivity index (χ1n) is 5.85. The number of nitrogens with one attached hydrogen (secondary N) is 1. The van der Waals surface area contributed by atoms with Gasteiger partial charge in [-0.25, -0.2) is 4.39 Å². The van der Waals surface area contributed by atoms with Gasteiger partial charge in [0.15, 0.2) is 0 Å². The van der Waals surface area contributed by atoms with Crippen LogP contribution < -0.4 is 11.3 Å². The van der Waals surface area contributed by atoms with Crippen molar-refractivity contribution in [3.8, 4) is 0 Å². The first-order chi connectivity index (χ1) is 8.28. The van der Waals surface area contributed by atoms with E-state index in [0.29, 0.717) is 5.92 Å². The summed E-state index contributed by atoms with van der Waals surface area (Å²) in [5.74, 6) is 5.76. The van der Waals surface area contributed by atoms with E-state index in [9.17, 15) is 4.39 Å².